The first kappa shape index (κ1) is 16.7. The van der Waals surface area contributed by atoms with Crippen molar-refractivity contribution in [2.24, 2.45) is 0 Å². The maximum absolute atomic E-state index is 5.20. The molecule has 0 spiro atoms. The minimum absolute atomic E-state index is 0.705. The molecule has 0 bridgehead atoms. The number of aromatic nitrogens is 2. The molecule has 1 atom stereocenters. The molecular formula is C18H27N3OS. The molecule has 0 aliphatic carbocycles. The Morgan fingerprint density at radius 3 is 3.17 bits per heavy atom. The number of hydrogen-bond donors (Lipinski definition) is 0. The van der Waals surface area contributed by atoms with Gasteiger partial charge in [-0.1, -0.05) is 12.5 Å². The largest absolute Gasteiger partial charge is 0.383 e. The van der Waals surface area contributed by atoms with Crippen molar-refractivity contribution in [1.29, 1.82) is 0 Å². The monoisotopic (exact) mass is 333 g/mol. The van der Waals surface area contributed by atoms with Gasteiger partial charge in [0.2, 0.25) is 0 Å². The number of ether oxygens (including phenoxy) is 1. The van der Waals surface area contributed by atoms with E-state index in [2.05, 4.69) is 32.0 Å². The van der Waals surface area contributed by atoms with Crippen LogP contribution in [0, 0.1) is 0 Å². The van der Waals surface area contributed by atoms with Crippen molar-refractivity contribution in [3.8, 4) is 0 Å². The van der Waals surface area contributed by atoms with Gasteiger partial charge in [-0.15, -0.1) is 11.3 Å². The highest BCUT2D eigenvalue weighted by Gasteiger charge is 2.23. The molecule has 0 radical (unpaired) electrons. The van der Waals surface area contributed by atoms with Gasteiger partial charge in [-0.05, 0) is 43.7 Å². The molecular weight excluding hydrogens is 306 g/mol. The Balaban J connectivity index is 1.59. The fourth-order valence-electron chi connectivity index (χ4n) is 3.44. The number of likely N-dealkylation sites (tertiary alicyclic amines) is 1. The van der Waals surface area contributed by atoms with Crippen LogP contribution in [0.2, 0.25) is 0 Å². The quantitative estimate of drug-likeness (QED) is 0.740. The van der Waals surface area contributed by atoms with Crippen LogP contribution in [0.3, 0.4) is 0 Å². The van der Waals surface area contributed by atoms with Crippen molar-refractivity contribution in [3.63, 3.8) is 0 Å². The van der Waals surface area contributed by atoms with Crippen LogP contribution < -0.4 is 0 Å². The fourth-order valence-corrected chi connectivity index (χ4v) is 4.16. The highest BCUT2D eigenvalue weighted by molar-refractivity contribution is 7.09. The van der Waals surface area contributed by atoms with Gasteiger partial charge in [0, 0.05) is 37.3 Å². The van der Waals surface area contributed by atoms with Gasteiger partial charge >= 0.3 is 0 Å². The number of imidazole rings is 1. The molecule has 5 heteroatoms. The molecule has 126 valence electrons. The molecule has 1 aliphatic heterocycles. The van der Waals surface area contributed by atoms with E-state index in [9.17, 15) is 0 Å². The van der Waals surface area contributed by atoms with E-state index < -0.39 is 0 Å². The van der Waals surface area contributed by atoms with Crippen LogP contribution in [0.25, 0.3) is 0 Å². The van der Waals surface area contributed by atoms with Crippen molar-refractivity contribution in [2.45, 2.75) is 51.2 Å². The Kier molecular flexibility index (Phi) is 6.25. The van der Waals surface area contributed by atoms with Crippen molar-refractivity contribution in [2.75, 3.05) is 20.3 Å². The summed E-state index contributed by atoms with van der Waals surface area (Å²) in [5, 5.41) is 2.18. The van der Waals surface area contributed by atoms with E-state index in [4.69, 9.17) is 4.74 Å². The van der Waals surface area contributed by atoms with Gasteiger partial charge in [0.25, 0.3) is 0 Å². The van der Waals surface area contributed by atoms with Crippen molar-refractivity contribution >= 4 is 11.3 Å². The Bertz CT molecular complexity index is 567. The number of hydrogen-bond acceptors (Lipinski definition) is 4. The van der Waals surface area contributed by atoms with Crippen LogP contribution in [0.15, 0.2) is 30.0 Å². The summed E-state index contributed by atoms with van der Waals surface area (Å²) in [6.07, 6.45) is 10.4. The molecule has 2 aromatic heterocycles. The SMILES string of the molecule is COCCn1cncc1CN1CCCC[C@H]1CCc1cccs1. The van der Waals surface area contributed by atoms with Gasteiger partial charge < -0.3 is 9.30 Å². The molecule has 3 heterocycles. The van der Waals surface area contributed by atoms with E-state index in [1.807, 2.05) is 23.9 Å². The average molecular weight is 334 g/mol. The lowest BCUT2D eigenvalue weighted by atomic mass is 9.97. The smallest absolute Gasteiger partial charge is 0.0949 e. The van der Waals surface area contributed by atoms with Crippen molar-refractivity contribution in [1.82, 2.24) is 14.5 Å². The second-order valence-corrected chi connectivity index (χ2v) is 7.34. The number of nitrogens with zero attached hydrogens (tertiary/aromatic N) is 3. The third-order valence-corrected chi connectivity index (χ3v) is 5.69. The molecule has 23 heavy (non-hydrogen) atoms. The zero-order valence-electron chi connectivity index (χ0n) is 14.0. The van der Waals surface area contributed by atoms with Gasteiger partial charge in [-0.3, -0.25) is 4.90 Å². The molecule has 1 saturated heterocycles. The zero-order chi connectivity index (χ0) is 15.9. The van der Waals surface area contributed by atoms with Crippen LogP contribution >= 0.6 is 11.3 Å². The van der Waals surface area contributed by atoms with Gasteiger partial charge in [0.15, 0.2) is 0 Å². The van der Waals surface area contributed by atoms with Crippen LogP contribution in [0.5, 0.6) is 0 Å². The minimum Gasteiger partial charge on any atom is -0.383 e. The summed E-state index contributed by atoms with van der Waals surface area (Å²) in [6, 6.07) is 5.13. The van der Waals surface area contributed by atoms with Crippen molar-refractivity contribution < 1.29 is 4.74 Å². The van der Waals surface area contributed by atoms with E-state index in [1.165, 1.54) is 49.2 Å². The second-order valence-electron chi connectivity index (χ2n) is 6.31. The fraction of sp³-hybridized carbons (Fsp3) is 0.611. The number of thiophene rings is 1. The van der Waals surface area contributed by atoms with Gasteiger partial charge in [0.05, 0.1) is 18.6 Å². The predicted molar refractivity (Wildman–Crippen MR) is 94.8 cm³/mol. The average Bonchev–Trinajstić information content (AvgIpc) is 3.24. The third kappa shape index (κ3) is 4.66. The maximum atomic E-state index is 5.20. The highest BCUT2D eigenvalue weighted by Crippen LogP contribution is 2.24. The van der Waals surface area contributed by atoms with Crippen LogP contribution in [-0.4, -0.2) is 40.8 Å². The summed E-state index contributed by atoms with van der Waals surface area (Å²) in [6.45, 7) is 3.86. The number of methoxy groups -OCH3 is 1. The summed E-state index contributed by atoms with van der Waals surface area (Å²) in [5.41, 5.74) is 1.31. The number of aryl methyl sites for hydroxylation is 1. The van der Waals surface area contributed by atoms with E-state index in [0.29, 0.717) is 6.04 Å². The summed E-state index contributed by atoms with van der Waals surface area (Å²) in [7, 11) is 1.75. The standard InChI is InChI=1S/C18H27N3OS/c1-22-11-10-21-15-19-13-17(21)14-20-9-3-2-5-16(20)7-8-18-6-4-12-23-18/h4,6,12-13,15-16H,2-3,5,7-11,14H2,1H3/t16-/m0/s1. The first-order valence-electron chi connectivity index (χ1n) is 8.61. The molecule has 1 aliphatic rings. The molecule has 1 fully saturated rings. The van der Waals surface area contributed by atoms with Crippen LogP contribution in [0.4, 0.5) is 0 Å². The zero-order valence-corrected chi connectivity index (χ0v) is 14.8. The summed E-state index contributed by atoms with van der Waals surface area (Å²) < 4.78 is 7.43. The molecule has 0 N–H and O–H groups in total. The lowest BCUT2D eigenvalue weighted by Gasteiger charge is -2.35. The molecule has 4 nitrogen and oxygen atoms in total. The number of rotatable bonds is 8. The third-order valence-electron chi connectivity index (χ3n) is 4.75. The van der Waals surface area contributed by atoms with E-state index in [1.54, 1.807) is 7.11 Å². The Morgan fingerprint density at radius 2 is 2.35 bits per heavy atom. The number of piperidine rings is 1. The normalized spacial score (nSPS) is 19.3. The summed E-state index contributed by atoms with van der Waals surface area (Å²) >= 11 is 1.88. The topological polar surface area (TPSA) is 30.3 Å². The lowest BCUT2D eigenvalue weighted by Crippen LogP contribution is -2.39. The molecule has 0 saturated carbocycles. The Hall–Kier alpha value is -1.17. The first-order chi connectivity index (χ1) is 11.4. The second kappa shape index (κ2) is 8.62. The van der Waals surface area contributed by atoms with E-state index in [-0.39, 0.29) is 0 Å². The van der Waals surface area contributed by atoms with Crippen LogP contribution in [-0.2, 0) is 24.2 Å². The predicted octanol–water partition coefficient (Wildman–Crippen LogP) is 3.58. The van der Waals surface area contributed by atoms with Gasteiger partial charge in [-0.25, -0.2) is 4.98 Å². The Morgan fingerprint density at radius 1 is 1.39 bits per heavy atom. The minimum atomic E-state index is 0.705. The molecule has 0 amide bonds. The molecule has 0 aromatic carbocycles. The first-order valence-corrected chi connectivity index (χ1v) is 9.49. The van der Waals surface area contributed by atoms with Crippen LogP contribution in [0.1, 0.15) is 36.3 Å². The summed E-state index contributed by atoms with van der Waals surface area (Å²) in [5.74, 6) is 0. The lowest BCUT2D eigenvalue weighted by molar-refractivity contribution is 0.127. The molecule has 2 aromatic rings. The van der Waals surface area contributed by atoms with E-state index in [0.717, 1.165) is 19.7 Å². The Labute approximate surface area is 143 Å². The van der Waals surface area contributed by atoms with Gasteiger partial charge in [-0.2, -0.15) is 0 Å². The van der Waals surface area contributed by atoms with Crippen molar-refractivity contribution in [3.05, 3.63) is 40.6 Å². The summed E-state index contributed by atoms with van der Waals surface area (Å²) in [4.78, 5) is 8.51. The van der Waals surface area contributed by atoms with E-state index >= 15 is 0 Å². The molecule has 3 rings (SSSR count). The van der Waals surface area contributed by atoms with Gasteiger partial charge in [0.1, 0.15) is 0 Å². The molecule has 0 unspecified atom stereocenters. The maximum Gasteiger partial charge on any atom is 0.0949 e. The highest BCUT2D eigenvalue weighted by atomic mass is 32.1.